The van der Waals surface area contributed by atoms with Crippen molar-refractivity contribution >= 4 is 0 Å². The van der Waals surface area contributed by atoms with Gasteiger partial charge >= 0.3 is 0 Å². The van der Waals surface area contributed by atoms with Gasteiger partial charge in [0.1, 0.15) is 0 Å². The second-order valence-electron chi connectivity index (χ2n) is 5.09. The molecule has 0 bridgehead atoms. The van der Waals surface area contributed by atoms with Crippen LogP contribution in [0.3, 0.4) is 0 Å². The molecule has 0 aromatic heterocycles. The molecule has 1 fully saturated rings. The summed E-state index contributed by atoms with van der Waals surface area (Å²) in [5, 5.41) is 10.2. The predicted molar refractivity (Wildman–Crippen MR) is 62.8 cm³/mol. The van der Waals surface area contributed by atoms with Crippen LogP contribution < -0.4 is 0 Å². The fourth-order valence-electron chi connectivity index (χ4n) is 2.59. The van der Waals surface area contributed by atoms with E-state index in [1.807, 2.05) is 13.0 Å². The molecular formula is C14H18O. The number of rotatable bonds is 2. The molecule has 0 atom stereocenters. The zero-order valence-corrected chi connectivity index (χ0v) is 9.46. The molecule has 1 N–H and O–H groups in total. The molecule has 1 nitrogen and oxygen atoms in total. The summed E-state index contributed by atoms with van der Waals surface area (Å²) in [6, 6.07) is 10.4. The second-order valence-corrected chi connectivity index (χ2v) is 5.09. The molecule has 1 aliphatic carbocycles. The summed E-state index contributed by atoms with van der Waals surface area (Å²) in [5.74, 6) is 0. The van der Waals surface area contributed by atoms with E-state index in [-0.39, 0.29) is 5.41 Å². The maximum absolute atomic E-state index is 10.2. The third-order valence-corrected chi connectivity index (χ3v) is 3.63. The maximum atomic E-state index is 10.2. The highest BCUT2D eigenvalue weighted by molar-refractivity contribution is 5.34. The van der Waals surface area contributed by atoms with E-state index in [0.717, 1.165) is 18.4 Å². The molecular weight excluding hydrogens is 184 g/mol. The number of hydrogen-bond donors (Lipinski definition) is 1. The summed E-state index contributed by atoms with van der Waals surface area (Å²) in [6.45, 7) is 7.97. The molecule has 15 heavy (non-hydrogen) atoms. The highest BCUT2D eigenvalue weighted by Crippen LogP contribution is 2.52. The van der Waals surface area contributed by atoms with Gasteiger partial charge in [-0.05, 0) is 36.3 Å². The van der Waals surface area contributed by atoms with E-state index < -0.39 is 5.60 Å². The van der Waals surface area contributed by atoms with Crippen LogP contribution in [0.2, 0.25) is 0 Å². The Morgan fingerprint density at radius 1 is 1.27 bits per heavy atom. The van der Waals surface area contributed by atoms with Crippen LogP contribution in [0.25, 0.3) is 0 Å². The zero-order chi connectivity index (χ0) is 11.1. The molecule has 0 unspecified atom stereocenters. The Labute approximate surface area is 91.4 Å². The van der Waals surface area contributed by atoms with Crippen LogP contribution in [-0.2, 0) is 5.41 Å². The third-order valence-electron chi connectivity index (χ3n) is 3.63. The Balaban J connectivity index is 2.19. The summed E-state index contributed by atoms with van der Waals surface area (Å²) in [6.07, 6.45) is 1.58. The van der Waals surface area contributed by atoms with Crippen molar-refractivity contribution in [3.05, 3.63) is 48.0 Å². The van der Waals surface area contributed by atoms with Crippen LogP contribution in [0.15, 0.2) is 42.5 Å². The summed E-state index contributed by atoms with van der Waals surface area (Å²) in [7, 11) is 0. The minimum absolute atomic E-state index is 0.120. The van der Waals surface area contributed by atoms with Crippen LogP contribution in [0.4, 0.5) is 0 Å². The molecule has 80 valence electrons. The Bertz CT molecular complexity index is 372. The van der Waals surface area contributed by atoms with Crippen LogP contribution in [0, 0.1) is 0 Å². The molecule has 2 rings (SSSR count). The van der Waals surface area contributed by atoms with Gasteiger partial charge in [0.05, 0.1) is 5.60 Å². The van der Waals surface area contributed by atoms with Gasteiger partial charge in [0.15, 0.2) is 0 Å². The lowest BCUT2D eigenvalue weighted by Crippen LogP contribution is -2.53. The Kier molecular flexibility index (Phi) is 2.23. The molecule has 0 amide bonds. The molecule has 1 heteroatoms. The van der Waals surface area contributed by atoms with Gasteiger partial charge in [0.2, 0.25) is 0 Å². The van der Waals surface area contributed by atoms with Crippen molar-refractivity contribution in [2.24, 2.45) is 0 Å². The van der Waals surface area contributed by atoms with Crippen molar-refractivity contribution in [1.29, 1.82) is 0 Å². The fraction of sp³-hybridized carbons (Fsp3) is 0.429. The summed E-state index contributed by atoms with van der Waals surface area (Å²) in [5.41, 5.74) is 1.69. The first-order valence-electron chi connectivity index (χ1n) is 5.40. The lowest BCUT2D eigenvalue weighted by atomic mass is 9.55. The van der Waals surface area contributed by atoms with Crippen LogP contribution in [-0.4, -0.2) is 10.7 Å². The SMILES string of the molecule is C=C(C)C1(O)CC(C)(c2ccccc2)C1. The molecule has 0 aliphatic heterocycles. The Morgan fingerprint density at radius 3 is 2.27 bits per heavy atom. The predicted octanol–water partition coefficient (Wildman–Crippen LogP) is 3.05. The third kappa shape index (κ3) is 1.61. The van der Waals surface area contributed by atoms with Crippen molar-refractivity contribution in [2.75, 3.05) is 0 Å². The number of benzene rings is 1. The molecule has 1 saturated carbocycles. The Morgan fingerprint density at radius 2 is 1.80 bits per heavy atom. The van der Waals surface area contributed by atoms with E-state index in [1.165, 1.54) is 5.56 Å². The first kappa shape index (κ1) is 10.4. The number of hydrogen-bond acceptors (Lipinski definition) is 1. The van der Waals surface area contributed by atoms with Crippen LogP contribution in [0.5, 0.6) is 0 Å². The van der Waals surface area contributed by atoms with Gasteiger partial charge in [-0.2, -0.15) is 0 Å². The lowest BCUT2D eigenvalue weighted by Gasteiger charge is -2.52. The Hall–Kier alpha value is -1.08. The fourth-order valence-corrected chi connectivity index (χ4v) is 2.59. The molecule has 0 radical (unpaired) electrons. The topological polar surface area (TPSA) is 20.2 Å². The minimum Gasteiger partial charge on any atom is -0.385 e. The van der Waals surface area contributed by atoms with Gasteiger partial charge < -0.3 is 5.11 Å². The monoisotopic (exact) mass is 202 g/mol. The molecule has 0 spiro atoms. The van der Waals surface area contributed by atoms with E-state index in [9.17, 15) is 5.11 Å². The summed E-state index contributed by atoms with van der Waals surface area (Å²) >= 11 is 0. The lowest BCUT2D eigenvalue weighted by molar-refractivity contribution is -0.0532. The zero-order valence-electron chi connectivity index (χ0n) is 9.46. The van der Waals surface area contributed by atoms with Crippen molar-refractivity contribution in [3.8, 4) is 0 Å². The molecule has 1 aromatic rings. The number of aliphatic hydroxyl groups is 1. The van der Waals surface area contributed by atoms with E-state index in [4.69, 9.17) is 0 Å². The first-order chi connectivity index (χ1) is 6.96. The van der Waals surface area contributed by atoms with Crippen LogP contribution >= 0.6 is 0 Å². The normalized spacial score (nSPS) is 34.6. The quantitative estimate of drug-likeness (QED) is 0.731. The molecule has 1 aliphatic rings. The summed E-state index contributed by atoms with van der Waals surface area (Å²) in [4.78, 5) is 0. The van der Waals surface area contributed by atoms with Gasteiger partial charge in [-0.3, -0.25) is 0 Å². The minimum atomic E-state index is -0.634. The average Bonchev–Trinajstić information content (AvgIpc) is 2.16. The van der Waals surface area contributed by atoms with Gasteiger partial charge in [-0.25, -0.2) is 0 Å². The van der Waals surface area contributed by atoms with Gasteiger partial charge in [-0.1, -0.05) is 43.8 Å². The highest BCUT2D eigenvalue weighted by atomic mass is 16.3. The first-order valence-corrected chi connectivity index (χ1v) is 5.40. The molecule has 1 aromatic carbocycles. The molecule has 0 saturated heterocycles. The van der Waals surface area contributed by atoms with Gasteiger partial charge in [0.25, 0.3) is 0 Å². The van der Waals surface area contributed by atoms with Crippen molar-refractivity contribution in [3.63, 3.8) is 0 Å². The van der Waals surface area contributed by atoms with Gasteiger partial charge in [-0.15, -0.1) is 0 Å². The van der Waals surface area contributed by atoms with Crippen LogP contribution in [0.1, 0.15) is 32.3 Å². The largest absolute Gasteiger partial charge is 0.385 e. The van der Waals surface area contributed by atoms with E-state index in [1.54, 1.807) is 0 Å². The summed E-state index contributed by atoms with van der Waals surface area (Å²) < 4.78 is 0. The van der Waals surface area contributed by atoms with E-state index in [2.05, 4.69) is 37.8 Å². The van der Waals surface area contributed by atoms with E-state index >= 15 is 0 Å². The van der Waals surface area contributed by atoms with E-state index in [0.29, 0.717) is 0 Å². The van der Waals surface area contributed by atoms with Crippen molar-refractivity contribution in [2.45, 2.75) is 37.7 Å². The maximum Gasteiger partial charge on any atom is 0.0868 e. The highest BCUT2D eigenvalue weighted by Gasteiger charge is 2.51. The second kappa shape index (κ2) is 3.21. The van der Waals surface area contributed by atoms with Crippen molar-refractivity contribution < 1.29 is 5.11 Å². The van der Waals surface area contributed by atoms with Crippen molar-refractivity contribution in [1.82, 2.24) is 0 Å². The molecule has 0 heterocycles. The standard InChI is InChI=1S/C14H18O/c1-11(2)14(15)9-13(3,10-14)12-7-5-4-6-8-12/h4-8,15H,1,9-10H2,2-3H3. The average molecular weight is 202 g/mol. The smallest absolute Gasteiger partial charge is 0.0868 e. The van der Waals surface area contributed by atoms with Gasteiger partial charge in [0, 0.05) is 0 Å².